The van der Waals surface area contributed by atoms with Crippen molar-refractivity contribution in [2.75, 3.05) is 13.9 Å². The number of carbonyl (C=O) groups is 1. The van der Waals surface area contributed by atoms with E-state index < -0.39 is 5.97 Å². The van der Waals surface area contributed by atoms with Crippen LogP contribution in [0.25, 0.3) is 0 Å². The third kappa shape index (κ3) is 3.47. The number of hydrogen-bond donors (Lipinski definition) is 1. The Morgan fingerprint density at radius 2 is 1.81 bits per heavy atom. The van der Waals surface area contributed by atoms with Gasteiger partial charge in [0.1, 0.15) is 28.6 Å². The first-order valence-corrected chi connectivity index (χ1v) is 8.76. The summed E-state index contributed by atoms with van der Waals surface area (Å²) in [6, 6.07) is 11.5. The summed E-state index contributed by atoms with van der Waals surface area (Å²) in [7, 11) is 1.55. The van der Waals surface area contributed by atoms with Crippen molar-refractivity contribution in [1.29, 1.82) is 0 Å². The monoisotopic (exact) mass is 386 g/mol. The fourth-order valence-electron chi connectivity index (χ4n) is 2.53. The van der Waals surface area contributed by atoms with E-state index in [0.29, 0.717) is 28.1 Å². The summed E-state index contributed by atoms with van der Waals surface area (Å²) in [6.07, 6.45) is 0. The number of fused-ring (bicyclic) bond motifs is 1. The molecule has 1 aliphatic heterocycles. The average molecular weight is 386 g/mol. The Morgan fingerprint density at radius 1 is 1.04 bits per heavy atom. The Bertz CT molecular complexity index is 995. The second-order valence-corrected chi connectivity index (χ2v) is 6.33. The fraction of sp³-hybridized carbons (Fsp3) is 0.105. The first kappa shape index (κ1) is 17.0. The van der Waals surface area contributed by atoms with Crippen molar-refractivity contribution in [3.63, 3.8) is 0 Å². The van der Waals surface area contributed by atoms with Crippen LogP contribution in [0.15, 0.2) is 47.8 Å². The number of carboxylic acids is 1. The predicted octanol–water partition coefficient (Wildman–Crippen LogP) is 4.77. The van der Waals surface area contributed by atoms with E-state index in [1.165, 1.54) is 11.3 Å². The third-order valence-corrected chi connectivity index (χ3v) is 4.55. The number of hydrogen-bond acceptors (Lipinski definition) is 7. The SMILES string of the molecule is COc1csc(Oc2cccc(Oc3ccc4c(c3)OCO4)c2C(=O)O)c1. The molecular weight excluding hydrogens is 372 g/mol. The molecule has 8 heteroatoms. The molecule has 4 rings (SSSR count). The topological polar surface area (TPSA) is 83.5 Å². The maximum Gasteiger partial charge on any atom is 0.343 e. The zero-order valence-electron chi connectivity index (χ0n) is 14.1. The van der Waals surface area contributed by atoms with Crippen molar-refractivity contribution >= 4 is 17.3 Å². The minimum Gasteiger partial charge on any atom is -0.496 e. The van der Waals surface area contributed by atoms with Gasteiger partial charge in [-0.15, -0.1) is 11.3 Å². The summed E-state index contributed by atoms with van der Waals surface area (Å²) >= 11 is 1.30. The van der Waals surface area contributed by atoms with Gasteiger partial charge in [0.05, 0.1) is 7.11 Å². The molecule has 0 spiro atoms. The molecule has 3 aromatic rings. The number of carboxylic acid groups (broad SMARTS) is 1. The van der Waals surface area contributed by atoms with Crippen LogP contribution in [0.1, 0.15) is 10.4 Å². The summed E-state index contributed by atoms with van der Waals surface area (Å²) in [5.74, 6) is 1.39. The molecule has 0 atom stereocenters. The molecule has 0 unspecified atom stereocenters. The summed E-state index contributed by atoms with van der Waals surface area (Å²) in [4.78, 5) is 11.8. The lowest BCUT2D eigenvalue weighted by atomic mass is 10.1. The van der Waals surface area contributed by atoms with E-state index >= 15 is 0 Å². The number of thiophene rings is 1. The molecule has 1 aliphatic rings. The Kier molecular flexibility index (Phi) is 4.47. The fourth-order valence-corrected chi connectivity index (χ4v) is 3.25. The van der Waals surface area contributed by atoms with Crippen LogP contribution in [-0.2, 0) is 0 Å². The van der Waals surface area contributed by atoms with E-state index in [1.807, 2.05) is 0 Å². The van der Waals surface area contributed by atoms with Gasteiger partial charge in [-0.2, -0.15) is 0 Å². The highest BCUT2D eigenvalue weighted by molar-refractivity contribution is 7.12. The molecule has 1 aromatic heterocycles. The number of methoxy groups -OCH3 is 1. The van der Waals surface area contributed by atoms with Crippen molar-refractivity contribution < 1.29 is 33.6 Å². The molecule has 1 N–H and O–H groups in total. The maximum atomic E-state index is 11.8. The number of benzene rings is 2. The van der Waals surface area contributed by atoms with Gasteiger partial charge in [-0.3, -0.25) is 0 Å². The van der Waals surface area contributed by atoms with E-state index in [-0.39, 0.29) is 23.9 Å². The average Bonchev–Trinajstić information content (AvgIpc) is 3.30. The van der Waals surface area contributed by atoms with Crippen molar-refractivity contribution in [2.24, 2.45) is 0 Å². The molecule has 0 saturated carbocycles. The van der Waals surface area contributed by atoms with Gasteiger partial charge < -0.3 is 28.8 Å². The van der Waals surface area contributed by atoms with Crippen LogP contribution in [0, 0.1) is 0 Å². The smallest absolute Gasteiger partial charge is 0.343 e. The van der Waals surface area contributed by atoms with Gasteiger partial charge in [-0.1, -0.05) is 6.07 Å². The lowest BCUT2D eigenvalue weighted by Crippen LogP contribution is -2.03. The van der Waals surface area contributed by atoms with E-state index in [0.717, 1.165) is 0 Å². The van der Waals surface area contributed by atoms with Crippen LogP contribution < -0.4 is 23.7 Å². The molecule has 0 saturated heterocycles. The van der Waals surface area contributed by atoms with Crippen LogP contribution in [0.4, 0.5) is 0 Å². The van der Waals surface area contributed by atoms with Crippen LogP contribution in [-0.4, -0.2) is 25.0 Å². The first-order valence-electron chi connectivity index (χ1n) is 7.88. The van der Waals surface area contributed by atoms with Crippen LogP contribution in [0.5, 0.6) is 39.6 Å². The highest BCUT2D eigenvalue weighted by Crippen LogP contribution is 2.40. The summed E-state index contributed by atoms with van der Waals surface area (Å²) in [5.41, 5.74) is -0.0810. The normalized spacial score (nSPS) is 11.9. The van der Waals surface area contributed by atoms with E-state index in [4.69, 9.17) is 23.7 Å². The van der Waals surface area contributed by atoms with Crippen molar-refractivity contribution in [3.8, 4) is 39.6 Å². The Balaban J connectivity index is 1.65. The molecule has 138 valence electrons. The van der Waals surface area contributed by atoms with Gasteiger partial charge >= 0.3 is 5.97 Å². The minimum absolute atomic E-state index is 0.0810. The number of ether oxygens (including phenoxy) is 5. The van der Waals surface area contributed by atoms with Gasteiger partial charge in [0.2, 0.25) is 6.79 Å². The molecule has 7 nitrogen and oxygen atoms in total. The zero-order chi connectivity index (χ0) is 18.8. The summed E-state index contributed by atoms with van der Waals surface area (Å²) in [6.45, 7) is 0.146. The van der Waals surface area contributed by atoms with Gasteiger partial charge in [0, 0.05) is 17.5 Å². The van der Waals surface area contributed by atoms with Crippen LogP contribution in [0.2, 0.25) is 0 Å². The van der Waals surface area contributed by atoms with E-state index in [1.54, 1.807) is 55.0 Å². The Labute approximate surface area is 158 Å². The lowest BCUT2D eigenvalue weighted by molar-refractivity contribution is 0.0691. The number of rotatable bonds is 6. The molecule has 0 aliphatic carbocycles. The van der Waals surface area contributed by atoms with Crippen LogP contribution in [0.3, 0.4) is 0 Å². The number of aromatic carboxylic acids is 1. The predicted molar refractivity (Wildman–Crippen MR) is 97.0 cm³/mol. The summed E-state index contributed by atoms with van der Waals surface area (Å²) < 4.78 is 27.2. The quantitative estimate of drug-likeness (QED) is 0.653. The second kappa shape index (κ2) is 7.08. The molecule has 0 amide bonds. The Hall–Kier alpha value is -3.39. The summed E-state index contributed by atoms with van der Waals surface area (Å²) in [5, 5.41) is 12.0. The Morgan fingerprint density at radius 3 is 2.56 bits per heavy atom. The minimum atomic E-state index is -1.16. The standard InChI is InChI=1S/C19H14O7S/c1-22-12-8-17(27-9-12)26-15-4-2-3-14(18(15)19(20)21)25-11-5-6-13-16(7-11)24-10-23-13/h2-9H,10H2,1H3,(H,20,21). The van der Waals surface area contributed by atoms with Gasteiger partial charge in [0.15, 0.2) is 16.6 Å². The van der Waals surface area contributed by atoms with Gasteiger partial charge in [0.25, 0.3) is 0 Å². The second-order valence-electron chi connectivity index (χ2n) is 5.46. The van der Waals surface area contributed by atoms with Crippen molar-refractivity contribution in [1.82, 2.24) is 0 Å². The van der Waals surface area contributed by atoms with Crippen molar-refractivity contribution in [3.05, 3.63) is 53.4 Å². The molecule has 0 fully saturated rings. The maximum absolute atomic E-state index is 11.8. The van der Waals surface area contributed by atoms with Crippen molar-refractivity contribution in [2.45, 2.75) is 0 Å². The highest BCUT2D eigenvalue weighted by Gasteiger charge is 2.21. The molecule has 2 heterocycles. The molecular formula is C19H14O7S. The van der Waals surface area contributed by atoms with E-state index in [2.05, 4.69) is 0 Å². The zero-order valence-corrected chi connectivity index (χ0v) is 14.9. The molecule has 0 radical (unpaired) electrons. The third-order valence-electron chi connectivity index (χ3n) is 3.77. The molecule has 0 bridgehead atoms. The highest BCUT2D eigenvalue weighted by atomic mass is 32.1. The largest absolute Gasteiger partial charge is 0.496 e. The van der Waals surface area contributed by atoms with E-state index in [9.17, 15) is 9.90 Å². The molecule has 2 aromatic carbocycles. The van der Waals surface area contributed by atoms with Gasteiger partial charge in [-0.05, 0) is 24.3 Å². The molecule has 27 heavy (non-hydrogen) atoms. The lowest BCUT2D eigenvalue weighted by Gasteiger charge is -2.13. The first-order chi connectivity index (χ1) is 13.1. The van der Waals surface area contributed by atoms with Gasteiger partial charge in [-0.25, -0.2) is 4.79 Å². The van der Waals surface area contributed by atoms with Crippen LogP contribution >= 0.6 is 11.3 Å².